The molecule has 0 spiro atoms. The number of alkyl halides is 3. The van der Waals surface area contributed by atoms with Crippen molar-refractivity contribution in [2.75, 3.05) is 11.1 Å². The van der Waals surface area contributed by atoms with Crippen LogP contribution in [0, 0.1) is 0 Å². The van der Waals surface area contributed by atoms with Crippen LogP contribution in [-0.2, 0) is 14.2 Å². The van der Waals surface area contributed by atoms with Gasteiger partial charge in [-0.05, 0) is 24.3 Å². The summed E-state index contributed by atoms with van der Waals surface area (Å²) in [6, 6.07) is 15.9. The molecule has 1 aromatic heterocycles. The minimum atomic E-state index is -2.88. The van der Waals surface area contributed by atoms with Gasteiger partial charge in [-0.25, -0.2) is 23.2 Å². The van der Waals surface area contributed by atoms with Crippen molar-refractivity contribution in [3.8, 4) is 0 Å². The maximum Gasteiger partial charge on any atom is 0.339 e. The number of carbonyl (C=O) groups is 2. The van der Waals surface area contributed by atoms with Gasteiger partial charge in [0, 0.05) is 12.3 Å². The topological polar surface area (TPSA) is 117 Å². The molecule has 3 aromatic rings. The normalized spacial score (nSPS) is 25.3. The molecule has 188 valence electrons. The lowest BCUT2D eigenvalue weighted by molar-refractivity contribution is -0.170. The Balaban J connectivity index is 1.86. The smallest absolute Gasteiger partial charge is 0.339 e. The summed E-state index contributed by atoms with van der Waals surface area (Å²) >= 11 is 1.61. The average Bonchev–Trinajstić information content (AvgIpc) is 3.13. The van der Waals surface area contributed by atoms with Crippen LogP contribution in [0.4, 0.5) is 8.78 Å². The molecule has 2 aromatic carbocycles. The number of H-pyrrole nitrogens is 1. The number of benzene rings is 2. The first-order valence-corrected chi connectivity index (χ1v) is 12.1. The number of rotatable bonds is 7. The van der Waals surface area contributed by atoms with Crippen LogP contribution < -0.4 is 11.2 Å². The van der Waals surface area contributed by atoms with Crippen LogP contribution in [0.2, 0.25) is 0 Å². The summed E-state index contributed by atoms with van der Waals surface area (Å²) in [5.74, 6) is -4.98. The fraction of sp³-hybridized carbons (Fsp3) is 0.250. The maximum atomic E-state index is 16.2. The molecule has 1 N–H and O–H groups in total. The van der Waals surface area contributed by atoms with Crippen molar-refractivity contribution < 1.29 is 32.6 Å². The number of nitrogens with zero attached hydrogens (tertiary/aromatic N) is 1. The van der Waals surface area contributed by atoms with Crippen molar-refractivity contribution in [2.24, 2.45) is 0 Å². The number of ether oxygens (including phenoxy) is 3. The van der Waals surface area contributed by atoms with Crippen LogP contribution in [0.5, 0.6) is 0 Å². The molecule has 0 amide bonds. The highest BCUT2D eigenvalue weighted by Gasteiger charge is 2.71. The fourth-order valence-corrected chi connectivity index (χ4v) is 4.44. The van der Waals surface area contributed by atoms with Gasteiger partial charge in [-0.1, -0.05) is 59.0 Å². The highest BCUT2D eigenvalue weighted by Crippen LogP contribution is 2.50. The molecular formula is C24H19F2IN2O7. The molecule has 1 aliphatic rings. The molecule has 0 radical (unpaired) electrons. The van der Waals surface area contributed by atoms with E-state index in [1.807, 2.05) is 4.98 Å². The van der Waals surface area contributed by atoms with Gasteiger partial charge >= 0.3 is 17.6 Å². The molecule has 0 saturated carbocycles. The Hall–Kier alpha value is -3.39. The molecular weight excluding hydrogens is 593 g/mol. The molecule has 9 nitrogen and oxygen atoms in total. The summed E-state index contributed by atoms with van der Waals surface area (Å²) in [7, 11) is 0. The third-order valence-electron chi connectivity index (χ3n) is 5.58. The summed E-state index contributed by atoms with van der Waals surface area (Å²) in [5.41, 5.74) is -4.46. The summed E-state index contributed by atoms with van der Waals surface area (Å²) < 4.78 is 47.9. The van der Waals surface area contributed by atoms with E-state index in [-0.39, 0.29) is 11.1 Å². The number of carbonyl (C=O) groups excluding carboxylic acids is 2. The Kier molecular flexibility index (Phi) is 7.36. The molecule has 4 rings (SSSR count). The monoisotopic (exact) mass is 612 g/mol. The van der Waals surface area contributed by atoms with E-state index in [0.717, 1.165) is 12.3 Å². The molecule has 0 bridgehead atoms. The highest BCUT2D eigenvalue weighted by molar-refractivity contribution is 14.1. The lowest BCUT2D eigenvalue weighted by atomic mass is 9.93. The van der Waals surface area contributed by atoms with Gasteiger partial charge in [-0.15, -0.1) is 0 Å². The van der Waals surface area contributed by atoms with E-state index in [0.29, 0.717) is 4.57 Å². The van der Waals surface area contributed by atoms with Crippen molar-refractivity contribution in [1.82, 2.24) is 9.55 Å². The van der Waals surface area contributed by atoms with Crippen molar-refractivity contribution in [3.05, 3.63) is 105 Å². The molecule has 36 heavy (non-hydrogen) atoms. The first kappa shape index (κ1) is 25.7. The first-order valence-electron chi connectivity index (χ1n) is 10.6. The third kappa shape index (κ3) is 4.69. The summed E-state index contributed by atoms with van der Waals surface area (Å²) in [6.07, 6.45) is -3.12. The Morgan fingerprint density at radius 3 is 2.11 bits per heavy atom. The lowest BCUT2D eigenvalue weighted by Gasteiger charge is -2.35. The Morgan fingerprint density at radius 2 is 1.58 bits per heavy atom. The van der Waals surface area contributed by atoms with Crippen molar-refractivity contribution in [2.45, 2.75) is 23.8 Å². The van der Waals surface area contributed by atoms with Gasteiger partial charge < -0.3 is 14.2 Å². The van der Waals surface area contributed by atoms with Gasteiger partial charge in [0.05, 0.1) is 15.6 Å². The molecule has 0 aliphatic carbocycles. The van der Waals surface area contributed by atoms with Gasteiger partial charge in [0.2, 0.25) is 11.7 Å². The molecule has 2 heterocycles. The summed E-state index contributed by atoms with van der Waals surface area (Å²) in [4.78, 5) is 52.0. The molecule has 1 fully saturated rings. The number of aromatic amines is 1. The van der Waals surface area contributed by atoms with Crippen molar-refractivity contribution >= 4 is 34.5 Å². The number of nitrogens with one attached hydrogen (secondary N) is 1. The quantitative estimate of drug-likeness (QED) is 0.248. The van der Waals surface area contributed by atoms with Gasteiger partial charge in [0.1, 0.15) is 6.67 Å². The Labute approximate surface area is 216 Å². The lowest BCUT2D eigenvalue weighted by Crippen LogP contribution is -2.57. The number of hydrogen-bond donors (Lipinski definition) is 1. The number of halogens is 3. The second kappa shape index (κ2) is 10.3. The number of esters is 2. The highest BCUT2D eigenvalue weighted by atomic mass is 127. The maximum absolute atomic E-state index is 16.2. The van der Waals surface area contributed by atoms with Gasteiger partial charge in [-0.2, -0.15) is 0 Å². The van der Waals surface area contributed by atoms with E-state index in [9.17, 15) is 19.2 Å². The zero-order valence-electron chi connectivity index (χ0n) is 18.4. The fourth-order valence-electron chi connectivity index (χ4n) is 3.86. The largest absolute Gasteiger partial charge is 0.448 e. The number of aromatic nitrogens is 2. The zero-order chi connectivity index (χ0) is 25.9. The van der Waals surface area contributed by atoms with Crippen LogP contribution in [0.1, 0.15) is 26.9 Å². The van der Waals surface area contributed by atoms with Crippen LogP contribution in [-0.4, -0.2) is 50.2 Å². The zero-order valence-corrected chi connectivity index (χ0v) is 20.6. The van der Waals surface area contributed by atoms with Crippen molar-refractivity contribution in [1.29, 1.82) is 0 Å². The van der Waals surface area contributed by atoms with E-state index >= 15 is 8.78 Å². The minimum absolute atomic E-state index is 0.00291. The standard InChI is InChI=1S/C24H19F2IN2O7/c25-13-23(35-19(32)16-9-5-2-6-10-16)20(34-18(31)15-7-3-1-4-8-15)24(26,14-27)36-21(23)29-12-11-17(30)28-22(29)33/h1-12,20-21H,13-14H2,(H,28,30,33)/t20-,21+,23+,24+/m0/s1. The second-order valence-electron chi connectivity index (χ2n) is 7.90. The third-order valence-corrected chi connectivity index (χ3v) is 6.62. The average molecular weight is 612 g/mol. The van der Waals surface area contributed by atoms with E-state index < -0.39 is 58.1 Å². The van der Waals surface area contributed by atoms with Gasteiger partial charge in [-0.3, -0.25) is 14.3 Å². The van der Waals surface area contributed by atoms with E-state index in [2.05, 4.69) is 0 Å². The Morgan fingerprint density at radius 1 is 1.00 bits per heavy atom. The van der Waals surface area contributed by atoms with Gasteiger partial charge in [0.15, 0.2) is 6.23 Å². The van der Waals surface area contributed by atoms with Crippen LogP contribution >= 0.6 is 22.6 Å². The molecule has 12 heteroatoms. The first-order chi connectivity index (χ1) is 17.2. The summed E-state index contributed by atoms with van der Waals surface area (Å²) in [5, 5.41) is 0. The number of hydrogen-bond acceptors (Lipinski definition) is 7. The van der Waals surface area contributed by atoms with E-state index in [1.165, 1.54) is 36.4 Å². The second-order valence-corrected chi connectivity index (χ2v) is 8.67. The van der Waals surface area contributed by atoms with E-state index in [1.54, 1.807) is 46.9 Å². The summed E-state index contributed by atoms with van der Waals surface area (Å²) in [6.45, 7) is -1.60. The molecule has 1 aliphatic heterocycles. The predicted octanol–water partition coefficient (Wildman–Crippen LogP) is 2.96. The van der Waals surface area contributed by atoms with Crippen LogP contribution in [0.3, 0.4) is 0 Å². The SMILES string of the molecule is O=C(O[C@H]1[C@@](CF)(OC(=O)c2ccccc2)[C@H](n2ccc(=O)[nH]c2=O)O[C@]1(F)CI)c1ccccc1. The molecule has 4 atom stereocenters. The molecule has 1 saturated heterocycles. The molecule has 0 unspecified atom stereocenters. The predicted molar refractivity (Wildman–Crippen MR) is 130 cm³/mol. The minimum Gasteiger partial charge on any atom is -0.448 e. The Bertz CT molecular complexity index is 1370. The van der Waals surface area contributed by atoms with Gasteiger partial charge in [0.25, 0.3) is 11.4 Å². The van der Waals surface area contributed by atoms with Crippen LogP contribution in [0.25, 0.3) is 0 Å². The van der Waals surface area contributed by atoms with Crippen molar-refractivity contribution in [3.63, 3.8) is 0 Å². The van der Waals surface area contributed by atoms with E-state index in [4.69, 9.17) is 14.2 Å². The van der Waals surface area contributed by atoms with Crippen LogP contribution in [0.15, 0.2) is 82.5 Å².